The maximum Gasteiger partial charge on any atom is 0.166 e. The van der Waals surface area contributed by atoms with Crippen molar-refractivity contribution < 1.29 is 0 Å². The minimum atomic E-state index is 0.690. The molecule has 0 aliphatic carbocycles. The third kappa shape index (κ3) is 3.64. The van der Waals surface area contributed by atoms with E-state index in [0.29, 0.717) is 5.65 Å². The van der Waals surface area contributed by atoms with Gasteiger partial charge in [-0.25, -0.2) is 9.97 Å². The number of aromatic nitrogens is 5. The normalized spacial score (nSPS) is 12.1. The maximum atomic E-state index is 5.40. The number of nitrogens with zero attached hydrogens (tertiary/aromatic N) is 5. The Morgan fingerprint density at radius 1 is 0.286 bits per heavy atom. The Hall–Kier alpha value is -6.72. The Morgan fingerprint density at radius 2 is 0.612 bits per heavy atom. The van der Waals surface area contributed by atoms with Crippen LogP contribution in [0.3, 0.4) is 0 Å². The van der Waals surface area contributed by atoms with E-state index in [1.54, 1.807) is 0 Å². The molecular weight excluding hydrogens is 599 g/mol. The number of fused-ring (bicyclic) bond motifs is 10. The van der Waals surface area contributed by atoms with Crippen LogP contribution >= 0.6 is 0 Å². The van der Waals surface area contributed by atoms with E-state index in [4.69, 9.17) is 9.97 Å². The van der Waals surface area contributed by atoms with Crippen LogP contribution in [0.5, 0.6) is 0 Å². The topological polar surface area (TPSA) is 40.6 Å². The third-order valence-electron chi connectivity index (χ3n) is 10.1. The van der Waals surface area contributed by atoms with Crippen LogP contribution in [-0.4, -0.2) is 23.7 Å². The molecule has 49 heavy (non-hydrogen) atoms. The molecule has 11 rings (SSSR count). The van der Waals surface area contributed by atoms with Crippen LogP contribution in [0.1, 0.15) is 0 Å². The molecule has 0 N–H and O–H groups in total. The van der Waals surface area contributed by atoms with Crippen LogP contribution in [0.25, 0.3) is 93.8 Å². The van der Waals surface area contributed by atoms with Gasteiger partial charge < -0.3 is 4.57 Å². The lowest BCUT2D eigenvalue weighted by molar-refractivity contribution is 1.05. The number of benzene rings is 6. The molecule has 0 aliphatic heterocycles. The average molecular weight is 626 g/mol. The summed E-state index contributed by atoms with van der Waals surface area (Å²) < 4.78 is 6.93. The zero-order valence-electron chi connectivity index (χ0n) is 26.3. The van der Waals surface area contributed by atoms with Crippen molar-refractivity contribution >= 4 is 76.5 Å². The fraction of sp³-hybridized carbons (Fsp3) is 0. The molecule has 0 amide bonds. The summed E-state index contributed by atoms with van der Waals surface area (Å²) in [6.07, 6.45) is 0. The number of pyridine rings is 2. The van der Waals surface area contributed by atoms with Crippen LogP contribution in [0.4, 0.5) is 0 Å². The number of rotatable bonds is 3. The van der Waals surface area contributed by atoms with E-state index in [2.05, 4.69) is 177 Å². The second-order valence-corrected chi connectivity index (χ2v) is 12.6. The molecule has 6 aromatic carbocycles. The lowest BCUT2D eigenvalue weighted by Crippen LogP contribution is -2.05. The molecule has 228 valence electrons. The van der Waals surface area contributed by atoms with Crippen LogP contribution in [0.15, 0.2) is 164 Å². The number of hydrogen-bond donors (Lipinski definition) is 0. The fourth-order valence-corrected chi connectivity index (χ4v) is 8.01. The summed E-state index contributed by atoms with van der Waals surface area (Å²) in [5.74, 6) is 1.67. The minimum Gasteiger partial charge on any atom is -0.308 e. The zero-order chi connectivity index (χ0) is 32.1. The predicted octanol–water partition coefficient (Wildman–Crippen LogP) is 10.9. The summed E-state index contributed by atoms with van der Waals surface area (Å²) >= 11 is 0. The summed E-state index contributed by atoms with van der Waals surface area (Å²) in [4.78, 5) is 10.8. The Balaban J connectivity index is 1.29. The fourth-order valence-electron chi connectivity index (χ4n) is 8.01. The Morgan fingerprint density at radius 3 is 1.02 bits per heavy atom. The van der Waals surface area contributed by atoms with Crippen molar-refractivity contribution in [2.24, 2.45) is 0 Å². The Kier molecular flexibility index (Phi) is 5.32. The Bertz CT molecular complexity index is 2960. The monoisotopic (exact) mass is 625 g/mol. The standard InChI is InChI=1S/C44H27N5/c1-7-19-35-28(13-1)29-14-2-8-20-36(29)47(35)41-27-43(49-39-23-11-5-17-32(39)33-18-6-12-24-40(33)49)46-44-34(41)25-26-42(45-44)48-37-21-9-3-15-30(37)31-16-4-10-22-38(31)48/h1-27H. The summed E-state index contributed by atoms with van der Waals surface area (Å²) in [6.45, 7) is 0. The SMILES string of the molecule is c1ccc2c(c1)c1ccccc1n2-c1ccc2c(-n3c4ccccc4c4ccccc43)cc(-n3c4ccccc4c4ccccc43)nc2n1. The minimum absolute atomic E-state index is 0.690. The molecule has 0 saturated carbocycles. The van der Waals surface area contributed by atoms with Crippen LogP contribution in [0.2, 0.25) is 0 Å². The molecule has 5 nitrogen and oxygen atoms in total. The molecule has 0 atom stereocenters. The predicted molar refractivity (Wildman–Crippen MR) is 203 cm³/mol. The highest BCUT2D eigenvalue weighted by Gasteiger charge is 2.20. The van der Waals surface area contributed by atoms with Gasteiger partial charge in [-0.2, -0.15) is 0 Å². The van der Waals surface area contributed by atoms with E-state index in [0.717, 1.165) is 55.8 Å². The summed E-state index contributed by atoms with van der Waals surface area (Å²) in [6, 6.07) is 58.2. The quantitative estimate of drug-likeness (QED) is 0.196. The van der Waals surface area contributed by atoms with Crippen LogP contribution in [0, 0.1) is 0 Å². The van der Waals surface area contributed by atoms with E-state index in [9.17, 15) is 0 Å². The third-order valence-corrected chi connectivity index (χ3v) is 10.1. The van der Waals surface area contributed by atoms with Crippen LogP contribution in [-0.2, 0) is 0 Å². The number of para-hydroxylation sites is 6. The molecule has 0 saturated heterocycles. The lowest BCUT2D eigenvalue weighted by Gasteiger charge is -2.16. The average Bonchev–Trinajstić information content (AvgIpc) is 3.80. The van der Waals surface area contributed by atoms with Gasteiger partial charge in [0, 0.05) is 43.8 Å². The summed E-state index contributed by atoms with van der Waals surface area (Å²) in [5.41, 5.74) is 8.50. The van der Waals surface area contributed by atoms with Gasteiger partial charge in [0.1, 0.15) is 11.6 Å². The summed E-state index contributed by atoms with van der Waals surface area (Å²) in [5, 5.41) is 8.24. The van der Waals surface area contributed by atoms with Crippen molar-refractivity contribution in [3.63, 3.8) is 0 Å². The molecule has 0 fully saturated rings. The van der Waals surface area contributed by atoms with Gasteiger partial charge in [-0.3, -0.25) is 9.13 Å². The van der Waals surface area contributed by atoms with Crippen molar-refractivity contribution in [3.05, 3.63) is 164 Å². The molecule has 5 heteroatoms. The molecule has 5 heterocycles. The van der Waals surface area contributed by atoms with Crippen molar-refractivity contribution in [2.45, 2.75) is 0 Å². The summed E-state index contributed by atoms with van der Waals surface area (Å²) in [7, 11) is 0. The molecular formula is C44H27N5. The van der Waals surface area contributed by atoms with Gasteiger partial charge in [-0.1, -0.05) is 109 Å². The van der Waals surface area contributed by atoms with Gasteiger partial charge in [0.25, 0.3) is 0 Å². The van der Waals surface area contributed by atoms with Gasteiger partial charge in [0.05, 0.1) is 38.8 Å². The first-order valence-electron chi connectivity index (χ1n) is 16.6. The van der Waals surface area contributed by atoms with E-state index >= 15 is 0 Å². The maximum absolute atomic E-state index is 5.40. The molecule has 0 unspecified atom stereocenters. The molecule has 11 aromatic rings. The zero-order valence-corrected chi connectivity index (χ0v) is 26.3. The lowest BCUT2D eigenvalue weighted by atomic mass is 10.2. The van der Waals surface area contributed by atoms with Crippen molar-refractivity contribution in [1.29, 1.82) is 0 Å². The second kappa shape index (κ2) is 9.89. The highest BCUT2D eigenvalue weighted by molar-refractivity contribution is 6.12. The molecule has 5 aromatic heterocycles. The first-order chi connectivity index (χ1) is 24.3. The molecule has 0 aliphatic rings. The van der Waals surface area contributed by atoms with E-state index in [-0.39, 0.29) is 0 Å². The van der Waals surface area contributed by atoms with E-state index in [1.165, 1.54) is 32.3 Å². The second-order valence-electron chi connectivity index (χ2n) is 12.6. The Labute approximate surface area is 280 Å². The molecule has 0 bridgehead atoms. The smallest absolute Gasteiger partial charge is 0.166 e. The van der Waals surface area contributed by atoms with Crippen molar-refractivity contribution in [1.82, 2.24) is 23.7 Å². The van der Waals surface area contributed by atoms with E-state index in [1.807, 2.05) is 0 Å². The van der Waals surface area contributed by atoms with Gasteiger partial charge >= 0.3 is 0 Å². The first-order valence-corrected chi connectivity index (χ1v) is 16.6. The van der Waals surface area contributed by atoms with E-state index < -0.39 is 0 Å². The van der Waals surface area contributed by atoms with Gasteiger partial charge in [-0.15, -0.1) is 0 Å². The highest BCUT2D eigenvalue weighted by Crippen LogP contribution is 2.38. The van der Waals surface area contributed by atoms with Gasteiger partial charge in [0.2, 0.25) is 0 Å². The first kappa shape index (κ1) is 26.4. The van der Waals surface area contributed by atoms with Gasteiger partial charge in [-0.05, 0) is 48.5 Å². The van der Waals surface area contributed by atoms with Crippen LogP contribution < -0.4 is 0 Å². The highest BCUT2D eigenvalue weighted by atomic mass is 15.1. The van der Waals surface area contributed by atoms with Crippen molar-refractivity contribution in [2.75, 3.05) is 0 Å². The molecule has 0 radical (unpaired) electrons. The largest absolute Gasteiger partial charge is 0.308 e. The number of hydrogen-bond acceptors (Lipinski definition) is 2. The van der Waals surface area contributed by atoms with Gasteiger partial charge in [0.15, 0.2) is 5.65 Å². The van der Waals surface area contributed by atoms with Crippen molar-refractivity contribution in [3.8, 4) is 17.3 Å². The molecule has 0 spiro atoms.